The van der Waals surface area contributed by atoms with Gasteiger partial charge >= 0.3 is 0 Å². The Bertz CT molecular complexity index is 903. The standard InChI is InChI=1S/C16H13N5O2/c1-9(7-17)11(8-18)20-16-10(2)19-14-12(22-3)5-6-13(23-4)15(14)21-16/h5-6H,1H2,2-4H3. The molecule has 0 bridgehead atoms. The molecule has 0 spiro atoms. The molecule has 0 aliphatic carbocycles. The Morgan fingerprint density at radius 1 is 1.09 bits per heavy atom. The number of aromatic nitrogens is 2. The molecule has 1 aromatic heterocycles. The number of hydrogen-bond donors (Lipinski definition) is 0. The zero-order chi connectivity index (χ0) is 17.0. The van der Waals surface area contributed by atoms with Gasteiger partial charge in [-0.2, -0.15) is 10.5 Å². The van der Waals surface area contributed by atoms with Gasteiger partial charge in [-0.1, -0.05) is 6.58 Å². The van der Waals surface area contributed by atoms with Gasteiger partial charge in [0, 0.05) is 0 Å². The van der Waals surface area contributed by atoms with Crippen LogP contribution in [0.3, 0.4) is 0 Å². The first-order chi connectivity index (χ1) is 11.0. The smallest absolute Gasteiger partial charge is 0.175 e. The number of fused-ring (bicyclic) bond motifs is 1. The molecule has 0 atom stereocenters. The molecule has 0 aliphatic rings. The predicted molar refractivity (Wildman–Crippen MR) is 84.8 cm³/mol. The van der Waals surface area contributed by atoms with Gasteiger partial charge in [-0.3, -0.25) is 0 Å². The van der Waals surface area contributed by atoms with Crippen LogP contribution in [0.15, 0.2) is 29.3 Å². The van der Waals surface area contributed by atoms with Gasteiger partial charge in [-0.25, -0.2) is 15.0 Å². The fourth-order valence-corrected chi connectivity index (χ4v) is 1.92. The first-order valence-corrected chi connectivity index (χ1v) is 6.53. The van der Waals surface area contributed by atoms with Crippen molar-refractivity contribution in [3.8, 4) is 23.6 Å². The molecule has 0 saturated heterocycles. The number of aliphatic imine (C=N–C) groups is 1. The molecule has 0 unspecified atom stereocenters. The summed E-state index contributed by atoms with van der Waals surface area (Å²) in [4.78, 5) is 12.9. The first-order valence-electron chi connectivity index (χ1n) is 6.53. The lowest BCUT2D eigenvalue weighted by Crippen LogP contribution is -1.99. The van der Waals surface area contributed by atoms with Crippen LogP contribution in [-0.2, 0) is 0 Å². The van der Waals surface area contributed by atoms with Gasteiger partial charge in [-0.05, 0) is 19.1 Å². The summed E-state index contributed by atoms with van der Waals surface area (Å²) in [5.74, 6) is 1.27. The lowest BCUT2D eigenvalue weighted by Gasteiger charge is -2.10. The monoisotopic (exact) mass is 307 g/mol. The van der Waals surface area contributed by atoms with Crippen LogP contribution >= 0.6 is 0 Å². The van der Waals surface area contributed by atoms with E-state index in [0.29, 0.717) is 28.2 Å². The van der Waals surface area contributed by atoms with Crippen molar-refractivity contribution in [1.82, 2.24) is 9.97 Å². The van der Waals surface area contributed by atoms with Crippen molar-refractivity contribution in [2.45, 2.75) is 6.92 Å². The van der Waals surface area contributed by atoms with E-state index in [2.05, 4.69) is 21.5 Å². The quantitative estimate of drug-likeness (QED) is 0.635. The van der Waals surface area contributed by atoms with Crippen LogP contribution in [0, 0.1) is 29.6 Å². The van der Waals surface area contributed by atoms with Gasteiger partial charge in [0.2, 0.25) is 0 Å². The van der Waals surface area contributed by atoms with Crippen molar-refractivity contribution in [3.63, 3.8) is 0 Å². The summed E-state index contributed by atoms with van der Waals surface area (Å²) in [7, 11) is 3.05. The number of methoxy groups -OCH3 is 2. The number of benzene rings is 1. The number of nitrogens with zero attached hydrogens (tertiary/aromatic N) is 5. The van der Waals surface area contributed by atoms with E-state index >= 15 is 0 Å². The Hall–Kier alpha value is -3.45. The summed E-state index contributed by atoms with van der Waals surface area (Å²) in [6.07, 6.45) is 0. The molecule has 0 amide bonds. The summed E-state index contributed by atoms with van der Waals surface area (Å²) >= 11 is 0. The molecule has 23 heavy (non-hydrogen) atoms. The number of aryl methyl sites for hydroxylation is 1. The lowest BCUT2D eigenvalue weighted by atomic mass is 10.2. The molecule has 0 aliphatic heterocycles. The van der Waals surface area contributed by atoms with E-state index < -0.39 is 0 Å². The van der Waals surface area contributed by atoms with Crippen molar-refractivity contribution in [3.05, 3.63) is 30.0 Å². The molecule has 2 aromatic rings. The fourth-order valence-electron chi connectivity index (χ4n) is 1.92. The van der Waals surface area contributed by atoms with Crippen molar-refractivity contribution >= 4 is 22.6 Å². The van der Waals surface area contributed by atoms with Crippen molar-refractivity contribution in [1.29, 1.82) is 10.5 Å². The maximum atomic E-state index is 9.09. The average Bonchev–Trinajstić information content (AvgIpc) is 2.58. The van der Waals surface area contributed by atoms with E-state index in [4.69, 9.17) is 20.0 Å². The van der Waals surface area contributed by atoms with Gasteiger partial charge < -0.3 is 9.47 Å². The molecular formula is C16H13N5O2. The highest BCUT2D eigenvalue weighted by Gasteiger charge is 2.14. The Kier molecular flexibility index (Phi) is 4.53. The third-order valence-corrected chi connectivity index (χ3v) is 3.08. The van der Waals surface area contributed by atoms with Gasteiger partial charge in [0.05, 0.1) is 25.5 Å². The normalized spacial score (nSPS) is 10.7. The molecule has 7 nitrogen and oxygen atoms in total. The van der Waals surface area contributed by atoms with E-state index in [9.17, 15) is 0 Å². The maximum absolute atomic E-state index is 9.09. The number of allylic oxidation sites excluding steroid dienone is 1. The third-order valence-electron chi connectivity index (χ3n) is 3.08. The second-order valence-electron chi connectivity index (χ2n) is 4.46. The zero-order valence-electron chi connectivity index (χ0n) is 12.9. The third kappa shape index (κ3) is 2.94. The van der Waals surface area contributed by atoms with Gasteiger partial charge in [-0.15, -0.1) is 0 Å². The van der Waals surface area contributed by atoms with Crippen molar-refractivity contribution < 1.29 is 9.47 Å². The van der Waals surface area contributed by atoms with E-state index in [-0.39, 0.29) is 17.1 Å². The van der Waals surface area contributed by atoms with Crippen molar-refractivity contribution in [2.75, 3.05) is 14.2 Å². The molecule has 0 fully saturated rings. The molecule has 0 saturated carbocycles. The van der Waals surface area contributed by atoms with Crippen LogP contribution in [0.25, 0.3) is 11.0 Å². The Morgan fingerprint density at radius 2 is 1.65 bits per heavy atom. The van der Waals surface area contributed by atoms with Crippen molar-refractivity contribution in [2.24, 2.45) is 4.99 Å². The molecule has 1 heterocycles. The SMILES string of the molecule is C=C(C#N)C(C#N)=Nc1nc2c(OC)ccc(OC)c2nc1C. The largest absolute Gasteiger partial charge is 0.494 e. The van der Waals surface area contributed by atoms with Crippen LogP contribution in [-0.4, -0.2) is 29.9 Å². The molecule has 7 heteroatoms. The summed E-state index contributed by atoms with van der Waals surface area (Å²) in [5.41, 5.74) is 1.33. The first kappa shape index (κ1) is 15.9. The summed E-state index contributed by atoms with van der Waals surface area (Å²) < 4.78 is 10.6. The van der Waals surface area contributed by atoms with E-state index in [0.717, 1.165) is 0 Å². The number of ether oxygens (including phenoxy) is 2. The summed E-state index contributed by atoms with van der Waals surface area (Å²) in [6, 6.07) is 7.06. The van der Waals surface area contributed by atoms with E-state index in [1.165, 1.54) is 14.2 Å². The minimum atomic E-state index is -0.105. The second-order valence-corrected chi connectivity index (χ2v) is 4.46. The minimum absolute atomic E-state index is 0.0357. The summed E-state index contributed by atoms with van der Waals surface area (Å²) in [6.45, 7) is 5.19. The highest BCUT2D eigenvalue weighted by Crippen LogP contribution is 2.32. The Balaban J connectivity index is 2.76. The Morgan fingerprint density at radius 3 is 2.13 bits per heavy atom. The van der Waals surface area contributed by atoms with Crippen LogP contribution in [0.2, 0.25) is 0 Å². The van der Waals surface area contributed by atoms with Crippen LogP contribution < -0.4 is 9.47 Å². The van der Waals surface area contributed by atoms with E-state index in [1.807, 2.05) is 6.07 Å². The highest BCUT2D eigenvalue weighted by atomic mass is 16.5. The molecule has 0 radical (unpaired) electrons. The van der Waals surface area contributed by atoms with Crippen LogP contribution in [0.5, 0.6) is 11.5 Å². The second kappa shape index (κ2) is 6.54. The van der Waals surface area contributed by atoms with Gasteiger partial charge in [0.1, 0.15) is 34.7 Å². The number of nitriles is 2. The number of rotatable bonds is 4. The van der Waals surface area contributed by atoms with Gasteiger partial charge in [0.15, 0.2) is 11.5 Å². The highest BCUT2D eigenvalue weighted by molar-refractivity contribution is 6.14. The molecule has 2 rings (SSSR count). The molecule has 114 valence electrons. The minimum Gasteiger partial charge on any atom is -0.494 e. The number of hydrogen-bond acceptors (Lipinski definition) is 7. The maximum Gasteiger partial charge on any atom is 0.175 e. The summed E-state index contributed by atoms with van der Waals surface area (Å²) in [5, 5.41) is 17.9. The lowest BCUT2D eigenvalue weighted by molar-refractivity contribution is 0.409. The fraction of sp³-hybridized carbons (Fsp3) is 0.188. The molecule has 1 aromatic carbocycles. The topological polar surface area (TPSA) is 104 Å². The van der Waals surface area contributed by atoms with Crippen LogP contribution in [0.4, 0.5) is 5.82 Å². The molecule has 0 N–H and O–H groups in total. The zero-order valence-corrected chi connectivity index (χ0v) is 12.9. The van der Waals surface area contributed by atoms with Gasteiger partial charge in [0.25, 0.3) is 0 Å². The predicted octanol–water partition coefficient (Wildman–Crippen LogP) is 2.63. The Labute approximate surface area is 133 Å². The molecular weight excluding hydrogens is 294 g/mol. The van der Waals surface area contributed by atoms with E-state index in [1.54, 1.807) is 25.1 Å². The van der Waals surface area contributed by atoms with Crippen LogP contribution in [0.1, 0.15) is 5.69 Å². The average molecular weight is 307 g/mol.